The van der Waals surface area contributed by atoms with Crippen LogP contribution in [-0.4, -0.2) is 50.8 Å². The molecule has 114 valence electrons. The quantitative estimate of drug-likeness (QED) is 0.656. The van der Waals surface area contributed by atoms with Crippen molar-refractivity contribution in [1.29, 1.82) is 0 Å². The molecule has 1 aromatic rings. The van der Waals surface area contributed by atoms with Gasteiger partial charge in [0, 0.05) is 32.4 Å². The first kappa shape index (κ1) is 14.2. The topological polar surface area (TPSA) is 54.1 Å². The van der Waals surface area contributed by atoms with Crippen LogP contribution in [0.15, 0.2) is 23.2 Å². The molecule has 2 N–H and O–H groups in total. The van der Waals surface area contributed by atoms with Crippen molar-refractivity contribution in [2.75, 3.05) is 44.8 Å². The molecule has 21 heavy (non-hydrogen) atoms. The number of anilines is 1. The van der Waals surface area contributed by atoms with Crippen LogP contribution in [0, 0.1) is 0 Å². The molecule has 0 atom stereocenters. The summed E-state index contributed by atoms with van der Waals surface area (Å²) in [6.07, 6.45) is 2.39. The number of guanidine groups is 1. The average Bonchev–Trinajstić information content (AvgIpc) is 2.53. The number of nitrogens with two attached hydrogens (primary N) is 1. The van der Waals surface area contributed by atoms with Crippen LogP contribution in [0.25, 0.3) is 0 Å². The van der Waals surface area contributed by atoms with Gasteiger partial charge in [-0.2, -0.15) is 0 Å². The Balaban J connectivity index is 1.67. The summed E-state index contributed by atoms with van der Waals surface area (Å²) in [4.78, 5) is 8.96. The van der Waals surface area contributed by atoms with Crippen LogP contribution in [0.5, 0.6) is 0 Å². The fraction of sp³-hybridized carbons (Fsp3) is 0.562. The number of fused-ring (bicyclic) bond motifs is 1. The highest BCUT2D eigenvalue weighted by molar-refractivity contribution is 5.78. The third-order valence-corrected chi connectivity index (χ3v) is 4.25. The van der Waals surface area contributed by atoms with Gasteiger partial charge in [-0.3, -0.25) is 0 Å². The van der Waals surface area contributed by atoms with Crippen molar-refractivity contribution in [3.05, 3.63) is 29.3 Å². The maximum Gasteiger partial charge on any atom is 0.191 e. The molecule has 2 aliphatic rings. The third kappa shape index (κ3) is 3.29. The van der Waals surface area contributed by atoms with E-state index in [2.05, 4.69) is 40.0 Å². The lowest BCUT2D eigenvalue weighted by Gasteiger charge is -2.28. The number of aryl methyl sites for hydroxylation is 1. The molecule has 0 saturated carbocycles. The van der Waals surface area contributed by atoms with Gasteiger partial charge in [0.15, 0.2) is 5.96 Å². The molecule has 1 aromatic carbocycles. The van der Waals surface area contributed by atoms with Gasteiger partial charge in [-0.25, -0.2) is 4.99 Å². The predicted octanol–water partition coefficient (Wildman–Crippen LogP) is 1.22. The highest BCUT2D eigenvalue weighted by Gasteiger charge is 2.14. The van der Waals surface area contributed by atoms with E-state index in [-0.39, 0.29) is 0 Å². The molecule has 0 aliphatic carbocycles. The minimum Gasteiger partial charge on any atom is -0.378 e. The fourth-order valence-electron chi connectivity index (χ4n) is 3.00. The molecular formula is C16H24N4O. The molecule has 5 nitrogen and oxygen atoms in total. The van der Waals surface area contributed by atoms with Crippen LogP contribution in [0.3, 0.4) is 0 Å². The predicted molar refractivity (Wildman–Crippen MR) is 85.8 cm³/mol. The van der Waals surface area contributed by atoms with E-state index in [1.807, 2.05) is 0 Å². The number of morpholine rings is 1. The monoisotopic (exact) mass is 288 g/mol. The molecule has 0 aromatic heterocycles. The largest absolute Gasteiger partial charge is 0.378 e. The molecule has 2 aliphatic heterocycles. The van der Waals surface area contributed by atoms with E-state index in [1.165, 1.54) is 23.2 Å². The average molecular weight is 288 g/mol. The minimum absolute atomic E-state index is 0.633. The van der Waals surface area contributed by atoms with Gasteiger partial charge in [0.2, 0.25) is 0 Å². The molecule has 3 rings (SSSR count). The summed E-state index contributed by atoms with van der Waals surface area (Å²) in [5.74, 6) is 0.633. The number of ether oxygens (including phenoxy) is 1. The zero-order valence-corrected chi connectivity index (χ0v) is 12.7. The van der Waals surface area contributed by atoms with E-state index in [0.717, 1.165) is 39.3 Å². The number of hydrogen-bond donors (Lipinski definition) is 1. The summed E-state index contributed by atoms with van der Waals surface area (Å²) in [6, 6.07) is 6.65. The molecular weight excluding hydrogens is 264 g/mol. The lowest BCUT2D eigenvalue weighted by Crippen LogP contribution is -2.44. The number of aliphatic imine (C=N–C) groups is 1. The second-order valence-corrected chi connectivity index (χ2v) is 5.76. The van der Waals surface area contributed by atoms with Crippen LogP contribution in [0.1, 0.15) is 17.5 Å². The van der Waals surface area contributed by atoms with E-state index in [1.54, 1.807) is 0 Å². The third-order valence-electron chi connectivity index (χ3n) is 4.25. The Bertz CT molecular complexity index is 523. The van der Waals surface area contributed by atoms with Crippen molar-refractivity contribution in [3.63, 3.8) is 0 Å². The Kier molecular flexibility index (Phi) is 4.29. The smallest absolute Gasteiger partial charge is 0.191 e. The first-order valence-corrected chi connectivity index (χ1v) is 7.69. The Labute approximate surface area is 126 Å². The molecule has 0 radical (unpaired) electrons. The molecule has 0 unspecified atom stereocenters. The standard InChI is InChI=1S/C16H24N4O/c1-19-6-2-3-14-11-13(4-5-15(14)19)12-18-16(17)20-7-9-21-10-8-20/h4-5,11H,2-3,6-10,12H2,1H3,(H2,17,18). The Hall–Kier alpha value is -1.75. The van der Waals surface area contributed by atoms with E-state index in [9.17, 15) is 0 Å². The van der Waals surface area contributed by atoms with Gasteiger partial charge in [0.1, 0.15) is 0 Å². The number of hydrogen-bond acceptors (Lipinski definition) is 3. The summed E-state index contributed by atoms with van der Waals surface area (Å²) < 4.78 is 5.33. The number of rotatable bonds is 2. The molecule has 0 spiro atoms. The molecule has 1 saturated heterocycles. The number of nitrogens with zero attached hydrogens (tertiary/aromatic N) is 3. The highest BCUT2D eigenvalue weighted by Crippen LogP contribution is 2.26. The molecule has 5 heteroatoms. The summed E-state index contributed by atoms with van der Waals surface area (Å²) in [6.45, 7) is 4.95. The molecule has 2 heterocycles. The van der Waals surface area contributed by atoms with Gasteiger partial charge in [-0.15, -0.1) is 0 Å². The van der Waals surface area contributed by atoms with Crippen LogP contribution >= 0.6 is 0 Å². The van der Waals surface area contributed by atoms with Gasteiger partial charge < -0.3 is 20.3 Å². The Morgan fingerprint density at radius 1 is 1.29 bits per heavy atom. The van der Waals surface area contributed by atoms with Crippen LogP contribution in [0.2, 0.25) is 0 Å². The lowest BCUT2D eigenvalue weighted by atomic mass is 10.00. The van der Waals surface area contributed by atoms with Crippen molar-refractivity contribution in [2.45, 2.75) is 19.4 Å². The minimum atomic E-state index is 0.633. The van der Waals surface area contributed by atoms with Crippen molar-refractivity contribution in [3.8, 4) is 0 Å². The van der Waals surface area contributed by atoms with Gasteiger partial charge in [0.25, 0.3) is 0 Å². The first-order valence-electron chi connectivity index (χ1n) is 7.69. The van der Waals surface area contributed by atoms with E-state index >= 15 is 0 Å². The zero-order chi connectivity index (χ0) is 14.7. The number of benzene rings is 1. The van der Waals surface area contributed by atoms with Crippen LogP contribution < -0.4 is 10.6 Å². The fourth-order valence-corrected chi connectivity index (χ4v) is 3.00. The Morgan fingerprint density at radius 2 is 2.10 bits per heavy atom. The maximum atomic E-state index is 6.07. The van der Waals surface area contributed by atoms with E-state index in [4.69, 9.17) is 10.5 Å². The van der Waals surface area contributed by atoms with Gasteiger partial charge in [-0.1, -0.05) is 12.1 Å². The zero-order valence-electron chi connectivity index (χ0n) is 12.7. The second kappa shape index (κ2) is 6.35. The molecule has 0 bridgehead atoms. The Morgan fingerprint density at radius 3 is 2.90 bits per heavy atom. The van der Waals surface area contributed by atoms with Gasteiger partial charge in [0.05, 0.1) is 19.8 Å². The van der Waals surface area contributed by atoms with Crippen molar-refractivity contribution < 1.29 is 4.74 Å². The van der Waals surface area contributed by atoms with E-state index in [0.29, 0.717) is 12.5 Å². The maximum absolute atomic E-state index is 6.07. The normalized spacial score (nSPS) is 19.6. The van der Waals surface area contributed by atoms with Crippen LogP contribution in [0.4, 0.5) is 5.69 Å². The van der Waals surface area contributed by atoms with E-state index < -0.39 is 0 Å². The summed E-state index contributed by atoms with van der Waals surface area (Å²) >= 11 is 0. The summed E-state index contributed by atoms with van der Waals surface area (Å²) in [7, 11) is 2.16. The van der Waals surface area contributed by atoms with Crippen molar-refractivity contribution >= 4 is 11.6 Å². The molecule has 0 amide bonds. The summed E-state index contributed by atoms with van der Waals surface area (Å²) in [5.41, 5.74) is 10.1. The summed E-state index contributed by atoms with van der Waals surface area (Å²) in [5, 5.41) is 0. The molecule has 1 fully saturated rings. The first-order chi connectivity index (χ1) is 10.2. The SMILES string of the molecule is CN1CCCc2cc(CN=C(N)N3CCOCC3)ccc21. The van der Waals surface area contributed by atoms with Crippen molar-refractivity contribution in [2.24, 2.45) is 10.7 Å². The highest BCUT2D eigenvalue weighted by atomic mass is 16.5. The van der Waals surface area contributed by atoms with Crippen LogP contribution in [-0.2, 0) is 17.7 Å². The van der Waals surface area contributed by atoms with Gasteiger partial charge >= 0.3 is 0 Å². The van der Waals surface area contributed by atoms with Crippen molar-refractivity contribution in [1.82, 2.24) is 4.90 Å². The lowest BCUT2D eigenvalue weighted by molar-refractivity contribution is 0.0674. The second-order valence-electron chi connectivity index (χ2n) is 5.76. The van der Waals surface area contributed by atoms with Gasteiger partial charge in [-0.05, 0) is 30.0 Å².